The summed E-state index contributed by atoms with van der Waals surface area (Å²) in [4.78, 5) is 5.71. The second kappa shape index (κ2) is 4.97. The summed E-state index contributed by atoms with van der Waals surface area (Å²) >= 11 is 0. The molecule has 15 heavy (non-hydrogen) atoms. The highest BCUT2D eigenvalue weighted by Crippen LogP contribution is 2.13. The number of nitrogens with zero attached hydrogens (tertiary/aromatic N) is 2. The van der Waals surface area contributed by atoms with E-state index in [1.807, 2.05) is 11.8 Å². The molecule has 1 aliphatic heterocycles. The number of nitrogens with one attached hydrogen (secondary N) is 1. The van der Waals surface area contributed by atoms with E-state index in [1.165, 1.54) is 0 Å². The molecule has 1 fully saturated rings. The van der Waals surface area contributed by atoms with Gasteiger partial charge >= 0.3 is 0 Å². The standard InChI is InChI=1S/C9H19N5O/c1-3-7-5-15-6(2)4-14(7)9(12)13-8(10)11/h6-7H,3-5H2,1-2H3,(H5,10,11,12,13). The van der Waals surface area contributed by atoms with Crippen molar-refractivity contribution in [1.82, 2.24) is 4.90 Å². The number of hydrogen-bond acceptors (Lipinski definition) is 2. The first kappa shape index (κ1) is 11.8. The normalized spacial score (nSPS) is 27.9. The van der Waals surface area contributed by atoms with Crippen molar-refractivity contribution in [3.8, 4) is 0 Å². The van der Waals surface area contributed by atoms with E-state index < -0.39 is 0 Å². The number of hydrogen-bond donors (Lipinski definition) is 3. The van der Waals surface area contributed by atoms with E-state index in [0.717, 1.165) is 6.42 Å². The van der Waals surface area contributed by atoms with Gasteiger partial charge in [-0.15, -0.1) is 0 Å². The summed E-state index contributed by atoms with van der Waals surface area (Å²) in [7, 11) is 0. The van der Waals surface area contributed by atoms with Crippen molar-refractivity contribution in [2.24, 2.45) is 16.5 Å². The summed E-state index contributed by atoms with van der Waals surface area (Å²) in [6.45, 7) is 5.39. The van der Waals surface area contributed by atoms with Crippen LogP contribution < -0.4 is 11.5 Å². The molecular weight excluding hydrogens is 194 g/mol. The van der Waals surface area contributed by atoms with E-state index in [0.29, 0.717) is 19.1 Å². The lowest BCUT2D eigenvalue weighted by Gasteiger charge is -2.38. The summed E-state index contributed by atoms with van der Waals surface area (Å²) in [5.74, 6) is 0.0472. The third kappa shape index (κ3) is 3.09. The maximum atomic E-state index is 7.07. The minimum Gasteiger partial charge on any atom is -0.375 e. The number of morpholine rings is 1. The molecule has 1 rings (SSSR count). The highest BCUT2D eigenvalue weighted by atomic mass is 16.5. The van der Waals surface area contributed by atoms with Crippen LogP contribution in [0.4, 0.5) is 0 Å². The number of ether oxygens (including phenoxy) is 1. The van der Waals surface area contributed by atoms with Gasteiger partial charge in [0.2, 0.25) is 5.96 Å². The molecule has 0 aliphatic carbocycles. The maximum absolute atomic E-state index is 7.07. The largest absolute Gasteiger partial charge is 0.375 e. The van der Waals surface area contributed by atoms with E-state index in [2.05, 4.69) is 11.9 Å². The van der Waals surface area contributed by atoms with Crippen LogP contribution in [0.2, 0.25) is 0 Å². The van der Waals surface area contributed by atoms with Gasteiger partial charge in [0.15, 0.2) is 5.96 Å². The van der Waals surface area contributed by atoms with Crippen LogP contribution >= 0.6 is 0 Å². The van der Waals surface area contributed by atoms with Crippen LogP contribution in [0.1, 0.15) is 20.3 Å². The molecular formula is C9H19N5O. The Morgan fingerprint density at radius 2 is 2.27 bits per heavy atom. The molecule has 0 aromatic rings. The molecule has 5 N–H and O–H groups in total. The minimum atomic E-state index is -0.263. The van der Waals surface area contributed by atoms with Gasteiger partial charge in [-0.05, 0) is 13.3 Å². The summed E-state index contributed by atoms with van der Waals surface area (Å²) in [5.41, 5.74) is 11.0. The number of rotatable bonds is 1. The molecule has 6 heteroatoms. The Hall–Kier alpha value is -1.30. The van der Waals surface area contributed by atoms with Crippen molar-refractivity contribution in [3.05, 3.63) is 0 Å². The first-order chi connectivity index (χ1) is 7.04. The molecule has 6 nitrogen and oxygen atoms in total. The van der Waals surface area contributed by atoms with Gasteiger partial charge in [-0.1, -0.05) is 6.92 Å². The Balaban J connectivity index is 2.74. The molecule has 0 radical (unpaired) electrons. The van der Waals surface area contributed by atoms with Crippen molar-refractivity contribution < 1.29 is 4.74 Å². The van der Waals surface area contributed by atoms with Gasteiger partial charge in [0.05, 0.1) is 18.8 Å². The molecule has 0 amide bonds. The molecule has 0 saturated carbocycles. The van der Waals surface area contributed by atoms with Crippen LogP contribution in [0.3, 0.4) is 0 Å². The maximum Gasteiger partial charge on any atom is 0.215 e. The molecule has 0 aromatic heterocycles. The zero-order valence-corrected chi connectivity index (χ0v) is 9.23. The van der Waals surface area contributed by atoms with E-state index in [-0.39, 0.29) is 18.1 Å². The SMILES string of the molecule is CCC1COC(C)CN1/C(N)=N/C(=N)N. The summed E-state index contributed by atoms with van der Waals surface area (Å²) < 4.78 is 5.53. The topological polar surface area (TPSA) is 101 Å². The molecule has 2 unspecified atom stereocenters. The predicted octanol–water partition coefficient (Wildman–Crippen LogP) is -0.306. The Morgan fingerprint density at radius 3 is 2.80 bits per heavy atom. The Bertz CT molecular complexity index is 265. The van der Waals surface area contributed by atoms with E-state index in [1.54, 1.807) is 0 Å². The highest BCUT2D eigenvalue weighted by Gasteiger charge is 2.26. The minimum absolute atomic E-state index is 0.133. The van der Waals surface area contributed by atoms with E-state index in [9.17, 15) is 0 Å². The van der Waals surface area contributed by atoms with Crippen LogP contribution in [-0.4, -0.2) is 42.1 Å². The van der Waals surface area contributed by atoms with Crippen LogP contribution in [0.15, 0.2) is 4.99 Å². The fourth-order valence-corrected chi connectivity index (χ4v) is 1.65. The number of guanidine groups is 2. The molecule has 0 spiro atoms. The van der Waals surface area contributed by atoms with Gasteiger partial charge in [-0.25, -0.2) is 0 Å². The molecule has 2 atom stereocenters. The lowest BCUT2D eigenvalue weighted by atomic mass is 10.1. The Labute approximate surface area is 89.8 Å². The second-order valence-corrected chi connectivity index (χ2v) is 3.71. The third-order valence-electron chi connectivity index (χ3n) is 2.47. The van der Waals surface area contributed by atoms with Crippen molar-refractivity contribution in [1.29, 1.82) is 5.41 Å². The molecule has 1 heterocycles. The van der Waals surface area contributed by atoms with Crippen molar-refractivity contribution >= 4 is 11.9 Å². The van der Waals surface area contributed by atoms with Crippen molar-refractivity contribution in [3.63, 3.8) is 0 Å². The summed E-state index contributed by atoms with van der Waals surface area (Å²) in [6.07, 6.45) is 1.06. The van der Waals surface area contributed by atoms with E-state index >= 15 is 0 Å². The lowest BCUT2D eigenvalue weighted by Crippen LogP contribution is -2.54. The van der Waals surface area contributed by atoms with Gasteiger partial charge in [0, 0.05) is 6.54 Å². The van der Waals surface area contributed by atoms with Gasteiger partial charge < -0.3 is 21.1 Å². The number of nitrogens with two attached hydrogens (primary N) is 2. The first-order valence-corrected chi connectivity index (χ1v) is 5.11. The van der Waals surface area contributed by atoms with E-state index in [4.69, 9.17) is 21.6 Å². The summed E-state index contributed by atoms with van der Waals surface area (Å²) in [6, 6.07) is 0.226. The molecule has 1 saturated heterocycles. The molecule has 1 aliphatic rings. The quantitative estimate of drug-likeness (QED) is 0.411. The zero-order chi connectivity index (χ0) is 11.4. The second-order valence-electron chi connectivity index (χ2n) is 3.71. The average molecular weight is 213 g/mol. The monoisotopic (exact) mass is 213 g/mol. The first-order valence-electron chi connectivity index (χ1n) is 5.11. The molecule has 0 bridgehead atoms. The van der Waals surface area contributed by atoms with Crippen molar-refractivity contribution in [2.45, 2.75) is 32.4 Å². The predicted molar refractivity (Wildman–Crippen MR) is 59.7 cm³/mol. The molecule has 86 valence electrons. The van der Waals surface area contributed by atoms with Crippen molar-refractivity contribution in [2.75, 3.05) is 13.2 Å². The lowest BCUT2D eigenvalue weighted by molar-refractivity contribution is -0.0288. The van der Waals surface area contributed by atoms with Crippen LogP contribution in [0.5, 0.6) is 0 Å². The fraction of sp³-hybridized carbons (Fsp3) is 0.778. The third-order valence-corrected chi connectivity index (χ3v) is 2.47. The van der Waals surface area contributed by atoms with Gasteiger partial charge in [0.25, 0.3) is 0 Å². The van der Waals surface area contributed by atoms with Crippen LogP contribution in [0.25, 0.3) is 0 Å². The smallest absolute Gasteiger partial charge is 0.215 e. The average Bonchev–Trinajstić information content (AvgIpc) is 2.16. The Morgan fingerprint density at radius 1 is 1.60 bits per heavy atom. The molecule has 0 aromatic carbocycles. The summed E-state index contributed by atoms with van der Waals surface area (Å²) in [5, 5.41) is 7.07. The fourth-order valence-electron chi connectivity index (χ4n) is 1.65. The van der Waals surface area contributed by atoms with Gasteiger partial charge in [0.1, 0.15) is 0 Å². The van der Waals surface area contributed by atoms with Crippen LogP contribution in [-0.2, 0) is 4.74 Å². The highest BCUT2D eigenvalue weighted by molar-refractivity contribution is 5.91. The van der Waals surface area contributed by atoms with Gasteiger partial charge in [-0.3, -0.25) is 5.41 Å². The van der Waals surface area contributed by atoms with Gasteiger partial charge in [-0.2, -0.15) is 4.99 Å². The Kier molecular flexibility index (Phi) is 3.90. The van der Waals surface area contributed by atoms with Crippen LogP contribution in [0, 0.1) is 5.41 Å². The number of aliphatic imine (C=N–C) groups is 1. The zero-order valence-electron chi connectivity index (χ0n) is 9.23.